The van der Waals surface area contributed by atoms with Crippen molar-refractivity contribution in [3.05, 3.63) is 66.1 Å². The zero-order chi connectivity index (χ0) is 22.6. The number of nitrogens with one attached hydrogen (secondary N) is 4. The van der Waals surface area contributed by atoms with E-state index in [1.165, 1.54) is 5.56 Å². The normalized spacial score (nSPS) is 10.4. The molecule has 3 aromatic rings. The molecule has 1 amide bonds. The maximum absolute atomic E-state index is 12.9. The standard InChI is InChI=1S/C23H30N8O/c1-2-10-27-21-20(22(32)30-19-5-3-4-18(15-19)26-14-9-24)16-29-23(31-21)28-13-8-17-6-11-25-12-7-17/h3-7,11-12,15-16,26H,2,8-10,13-14,24H2,1H3,(H,30,32)(H2,27,28,29,31). The second-order valence-electron chi connectivity index (χ2n) is 7.17. The van der Waals surface area contributed by atoms with E-state index in [0.717, 1.165) is 18.5 Å². The lowest BCUT2D eigenvalue weighted by atomic mass is 10.2. The van der Waals surface area contributed by atoms with Crippen molar-refractivity contribution in [2.75, 3.05) is 47.4 Å². The summed E-state index contributed by atoms with van der Waals surface area (Å²) in [5.41, 5.74) is 8.67. The molecule has 32 heavy (non-hydrogen) atoms. The van der Waals surface area contributed by atoms with Crippen LogP contribution in [-0.4, -0.2) is 47.0 Å². The number of anilines is 4. The number of amides is 1. The molecule has 6 N–H and O–H groups in total. The third-order valence-electron chi connectivity index (χ3n) is 4.62. The first-order valence-corrected chi connectivity index (χ1v) is 10.8. The van der Waals surface area contributed by atoms with Crippen LogP contribution < -0.4 is 27.0 Å². The highest BCUT2D eigenvalue weighted by Gasteiger charge is 2.15. The first kappa shape index (κ1) is 23.0. The lowest BCUT2D eigenvalue weighted by Crippen LogP contribution is -2.18. The summed E-state index contributed by atoms with van der Waals surface area (Å²) in [5.74, 6) is 0.702. The predicted octanol–water partition coefficient (Wildman–Crippen LogP) is 2.97. The summed E-state index contributed by atoms with van der Waals surface area (Å²) in [6.07, 6.45) is 6.82. The number of carbonyl (C=O) groups excluding carboxylic acids is 1. The number of hydrogen-bond acceptors (Lipinski definition) is 8. The molecule has 0 aliphatic rings. The second-order valence-corrected chi connectivity index (χ2v) is 7.17. The fourth-order valence-corrected chi connectivity index (χ4v) is 3.00. The predicted molar refractivity (Wildman–Crippen MR) is 129 cm³/mol. The van der Waals surface area contributed by atoms with Crippen molar-refractivity contribution >= 4 is 29.0 Å². The second kappa shape index (κ2) is 12.2. The largest absolute Gasteiger partial charge is 0.384 e. The SMILES string of the molecule is CCCNc1nc(NCCc2ccncc2)ncc1C(=O)Nc1cccc(NCCN)c1. The minimum atomic E-state index is -0.275. The van der Waals surface area contributed by atoms with Crippen molar-refractivity contribution in [2.24, 2.45) is 5.73 Å². The molecule has 1 aromatic carbocycles. The number of aromatic nitrogens is 3. The van der Waals surface area contributed by atoms with E-state index in [2.05, 4.69) is 43.1 Å². The van der Waals surface area contributed by atoms with Gasteiger partial charge in [0.25, 0.3) is 5.91 Å². The summed E-state index contributed by atoms with van der Waals surface area (Å²) in [6.45, 7) is 4.62. The monoisotopic (exact) mass is 434 g/mol. The van der Waals surface area contributed by atoms with Crippen molar-refractivity contribution in [2.45, 2.75) is 19.8 Å². The zero-order valence-corrected chi connectivity index (χ0v) is 18.3. The molecule has 0 fully saturated rings. The van der Waals surface area contributed by atoms with Gasteiger partial charge in [0.05, 0.1) is 0 Å². The summed E-state index contributed by atoms with van der Waals surface area (Å²) in [4.78, 5) is 25.8. The fraction of sp³-hybridized carbons (Fsp3) is 0.304. The third-order valence-corrected chi connectivity index (χ3v) is 4.62. The Morgan fingerprint density at radius 3 is 2.59 bits per heavy atom. The van der Waals surface area contributed by atoms with Crippen LogP contribution >= 0.6 is 0 Å². The van der Waals surface area contributed by atoms with E-state index in [4.69, 9.17) is 5.73 Å². The molecule has 9 nitrogen and oxygen atoms in total. The molecule has 0 saturated heterocycles. The van der Waals surface area contributed by atoms with Crippen LogP contribution in [0.25, 0.3) is 0 Å². The Labute approximate surface area is 188 Å². The topological polar surface area (TPSA) is 130 Å². The first-order chi connectivity index (χ1) is 15.7. The summed E-state index contributed by atoms with van der Waals surface area (Å²) >= 11 is 0. The van der Waals surface area contributed by atoms with E-state index in [-0.39, 0.29) is 5.91 Å². The molecular weight excluding hydrogens is 404 g/mol. The van der Waals surface area contributed by atoms with Crippen LogP contribution in [-0.2, 0) is 6.42 Å². The van der Waals surface area contributed by atoms with Gasteiger partial charge in [-0.3, -0.25) is 9.78 Å². The Kier molecular flexibility index (Phi) is 8.76. The van der Waals surface area contributed by atoms with Crippen LogP contribution in [0.3, 0.4) is 0 Å². The maximum atomic E-state index is 12.9. The molecule has 0 aliphatic carbocycles. The first-order valence-electron chi connectivity index (χ1n) is 10.8. The smallest absolute Gasteiger partial charge is 0.260 e. The number of nitrogens with two attached hydrogens (primary N) is 1. The van der Waals surface area contributed by atoms with Crippen LogP contribution in [0, 0.1) is 0 Å². The van der Waals surface area contributed by atoms with Gasteiger partial charge >= 0.3 is 0 Å². The number of pyridine rings is 1. The molecule has 0 spiro atoms. The molecular formula is C23H30N8O. The molecule has 0 unspecified atom stereocenters. The number of hydrogen-bond donors (Lipinski definition) is 5. The average Bonchev–Trinajstić information content (AvgIpc) is 2.82. The van der Waals surface area contributed by atoms with Crippen LogP contribution in [0.15, 0.2) is 55.0 Å². The Bertz CT molecular complexity index is 996. The fourth-order valence-electron chi connectivity index (χ4n) is 3.00. The summed E-state index contributed by atoms with van der Waals surface area (Å²) in [5, 5.41) is 12.6. The highest BCUT2D eigenvalue weighted by molar-refractivity contribution is 6.07. The van der Waals surface area contributed by atoms with Crippen molar-refractivity contribution in [1.29, 1.82) is 0 Å². The lowest BCUT2D eigenvalue weighted by molar-refractivity contribution is 0.102. The number of rotatable bonds is 12. The van der Waals surface area contributed by atoms with Crippen LogP contribution in [0.4, 0.5) is 23.1 Å². The van der Waals surface area contributed by atoms with E-state index in [9.17, 15) is 4.79 Å². The Hall–Kier alpha value is -3.72. The maximum Gasteiger partial charge on any atom is 0.260 e. The van der Waals surface area contributed by atoms with Crippen LogP contribution in [0.2, 0.25) is 0 Å². The van der Waals surface area contributed by atoms with Crippen LogP contribution in [0.1, 0.15) is 29.3 Å². The molecule has 0 atom stereocenters. The molecule has 2 heterocycles. The van der Waals surface area contributed by atoms with Crippen molar-refractivity contribution < 1.29 is 4.79 Å². The van der Waals surface area contributed by atoms with E-state index in [1.54, 1.807) is 18.6 Å². The lowest BCUT2D eigenvalue weighted by Gasteiger charge is -2.13. The van der Waals surface area contributed by atoms with E-state index in [1.807, 2.05) is 36.4 Å². The summed E-state index contributed by atoms with van der Waals surface area (Å²) in [6, 6.07) is 11.4. The molecule has 3 rings (SSSR count). The molecule has 9 heteroatoms. The van der Waals surface area contributed by atoms with Gasteiger partial charge in [0, 0.05) is 56.1 Å². The third kappa shape index (κ3) is 6.92. The Morgan fingerprint density at radius 2 is 1.81 bits per heavy atom. The van der Waals surface area contributed by atoms with Gasteiger partial charge in [0.2, 0.25) is 5.95 Å². The van der Waals surface area contributed by atoms with Gasteiger partial charge < -0.3 is 27.0 Å². The highest BCUT2D eigenvalue weighted by Crippen LogP contribution is 2.19. The number of nitrogens with zero attached hydrogens (tertiary/aromatic N) is 3. The van der Waals surface area contributed by atoms with Gasteiger partial charge in [-0.25, -0.2) is 4.98 Å². The van der Waals surface area contributed by atoms with Gasteiger partial charge in [-0.05, 0) is 48.7 Å². The number of carbonyl (C=O) groups is 1. The minimum Gasteiger partial charge on any atom is -0.384 e. The molecule has 168 valence electrons. The van der Waals surface area contributed by atoms with Gasteiger partial charge in [-0.1, -0.05) is 13.0 Å². The van der Waals surface area contributed by atoms with Gasteiger partial charge in [-0.15, -0.1) is 0 Å². The Morgan fingerprint density at radius 1 is 1.00 bits per heavy atom. The van der Waals surface area contributed by atoms with Crippen molar-refractivity contribution in [3.63, 3.8) is 0 Å². The summed E-state index contributed by atoms with van der Waals surface area (Å²) < 4.78 is 0. The molecule has 0 bridgehead atoms. The summed E-state index contributed by atoms with van der Waals surface area (Å²) in [7, 11) is 0. The highest BCUT2D eigenvalue weighted by atomic mass is 16.1. The van der Waals surface area contributed by atoms with Crippen molar-refractivity contribution in [3.8, 4) is 0 Å². The Balaban J connectivity index is 1.68. The van der Waals surface area contributed by atoms with E-state index < -0.39 is 0 Å². The van der Waals surface area contributed by atoms with Crippen LogP contribution in [0.5, 0.6) is 0 Å². The minimum absolute atomic E-state index is 0.275. The number of benzene rings is 1. The molecule has 0 radical (unpaired) electrons. The average molecular weight is 435 g/mol. The van der Waals surface area contributed by atoms with Crippen molar-refractivity contribution in [1.82, 2.24) is 15.0 Å². The van der Waals surface area contributed by atoms with Gasteiger partial charge in [-0.2, -0.15) is 4.98 Å². The van der Waals surface area contributed by atoms with E-state index in [0.29, 0.717) is 49.2 Å². The zero-order valence-electron chi connectivity index (χ0n) is 18.3. The molecule has 0 saturated carbocycles. The van der Waals surface area contributed by atoms with E-state index >= 15 is 0 Å². The molecule has 0 aliphatic heterocycles. The quantitative estimate of drug-likeness (QED) is 0.294. The van der Waals surface area contributed by atoms with Gasteiger partial charge in [0.15, 0.2) is 0 Å². The molecule has 2 aromatic heterocycles. The van der Waals surface area contributed by atoms with Gasteiger partial charge in [0.1, 0.15) is 11.4 Å².